The Morgan fingerprint density at radius 2 is 1.43 bits per heavy atom. The number of esters is 2. The quantitative estimate of drug-likeness (QED) is 0.246. The van der Waals surface area contributed by atoms with Gasteiger partial charge < -0.3 is 19.5 Å². The lowest BCUT2D eigenvalue weighted by Gasteiger charge is -2.23. The average molecular weight is 492 g/mol. The fourth-order valence-corrected chi connectivity index (χ4v) is 3.70. The number of carbonyl (C=O) groups excluding carboxylic acids is 3. The second kappa shape index (κ2) is 17.1. The number of unbranched alkanes of at least 4 members (excludes halogenated alkanes) is 1. The second-order valence-electron chi connectivity index (χ2n) is 9.64. The molecule has 35 heavy (non-hydrogen) atoms. The molecule has 0 fully saturated rings. The summed E-state index contributed by atoms with van der Waals surface area (Å²) in [6.45, 7) is 12.9. The van der Waals surface area contributed by atoms with Crippen LogP contribution in [0.2, 0.25) is 0 Å². The fraction of sp³-hybridized carbons (Fsp3) is 0.679. The number of rotatable bonds is 17. The molecule has 1 rings (SSSR count). The zero-order valence-corrected chi connectivity index (χ0v) is 22.4. The van der Waals surface area contributed by atoms with E-state index in [4.69, 9.17) is 14.2 Å². The molecule has 0 saturated heterocycles. The summed E-state index contributed by atoms with van der Waals surface area (Å²) in [7, 11) is 0. The van der Waals surface area contributed by atoms with E-state index in [0.717, 1.165) is 12.0 Å². The van der Waals surface area contributed by atoms with E-state index in [1.165, 1.54) is 0 Å². The van der Waals surface area contributed by atoms with Crippen LogP contribution >= 0.6 is 0 Å². The van der Waals surface area contributed by atoms with Gasteiger partial charge in [-0.3, -0.25) is 9.59 Å². The van der Waals surface area contributed by atoms with Crippen molar-refractivity contribution in [1.82, 2.24) is 5.32 Å². The normalized spacial score (nSPS) is 13.8. The molecule has 0 spiro atoms. The molecule has 0 bridgehead atoms. The van der Waals surface area contributed by atoms with Crippen LogP contribution in [-0.4, -0.2) is 43.7 Å². The third-order valence-corrected chi connectivity index (χ3v) is 6.09. The highest BCUT2D eigenvalue weighted by atomic mass is 16.5. The second-order valence-corrected chi connectivity index (χ2v) is 9.64. The van der Waals surface area contributed by atoms with Crippen molar-refractivity contribution < 1.29 is 28.6 Å². The number of benzene rings is 1. The number of ether oxygens (including phenoxy) is 3. The van der Waals surface area contributed by atoms with Gasteiger partial charge in [-0.15, -0.1) is 0 Å². The molecule has 3 unspecified atom stereocenters. The van der Waals surface area contributed by atoms with E-state index in [-0.39, 0.29) is 48.8 Å². The van der Waals surface area contributed by atoms with Crippen molar-refractivity contribution in [2.45, 2.75) is 79.9 Å². The molecule has 7 nitrogen and oxygen atoms in total. The van der Waals surface area contributed by atoms with E-state index >= 15 is 0 Å². The van der Waals surface area contributed by atoms with Crippen LogP contribution in [0.1, 0.15) is 72.8 Å². The smallest absolute Gasteiger partial charge is 0.328 e. The molecule has 0 heterocycles. The first-order valence-corrected chi connectivity index (χ1v) is 13.0. The monoisotopic (exact) mass is 491 g/mol. The van der Waals surface area contributed by atoms with Crippen molar-refractivity contribution in [2.24, 2.45) is 23.7 Å². The van der Waals surface area contributed by atoms with Crippen LogP contribution in [0.15, 0.2) is 30.3 Å². The molecule has 1 aromatic rings. The van der Waals surface area contributed by atoms with Crippen LogP contribution in [0.5, 0.6) is 0 Å². The van der Waals surface area contributed by atoms with Crippen LogP contribution in [-0.2, 0) is 35.2 Å². The minimum Gasteiger partial charge on any atom is -0.465 e. The van der Waals surface area contributed by atoms with Gasteiger partial charge in [0, 0.05) is 0 Å². The lowest BCUT2D eigenvalue weighted by Crippen LogP contribution is -2.48. The Labute approximate surface area is 211 Å². The Hall–Kier alpha value is -2.41. The molecule has 0 radical (unpaired) electrons. The molecule has 3 atom stereocenters. The van der Waals surface area contributed by atoms with Crippen molar-refractivity contribution in [1.29, 1.82) is 0 Å². The van der Waals surface area contributed by atoms with E-state index in [1.807, 2.05) is 71.9 Å². The van der Waals surface area contributed by atoms with Crippen LogP contribution in [0.25, 0.3) is 0 Å². The highest BCUT2D eigenvalue weighted by Gasteiger charge is 2.28. The van der Waals surface area contributed by atoms with Gasteiger partial charge in [-0.05, 0) is 43.1 Å². The van der Waals surface area contributed by atoms with Gasteiger partial charge in [0.1, 0.15) is 6.04 Å². The molecular weight excluding hydrogens is 446 g/mol. The Kier molecular flexibility index (Phi) is 15.0. The zero-order chi connectivity index (χ0) is 26.2. The lowest BCUT2D eigenvalue weighted by molar-refractivity contribution is -0.152. The first-order chi connectivity index (χ1) is 16.7. The number of hydrogen-bond acceptors (Lipinski definition) is 6. The largest absolute Gasteiger partial charge is 0.465 e. The highest BCUT2D eigenvalue weighted by molar-refractivity contribution is 5.86. The Morgan fingerprint density at radius 1 is 0.829 bits per heavy atom. The number of hydrogen-bond donors (Lipinski definition) is 1. The molecule has 1 amide bonds. The average Bonchev–Trinajstić information content (AvgIpc) is 2.82. The third-order valence-electron chi connectivity index (χ3n) is 6.09. The molecular formula is C28H45NO6. The summed E-state index contributed by atoms with van der Waals surface area (Å²) in [6, 6.07) is 9.07. The van der Waals surface area contributed by atoms with Crippen molar-refractivity contribution in [3.05, 3.63) is 35.9 Å². The molecule has 0 saturated carbocycles. The molecule has 0 aliphatic rings. The minimum absolute atomic E-state index is 0.0843. The van der Waals surface area contributed by atoms with Crippen molar-refractivity contribution in [2.75, 3.05) is 19.8 Å². The predicted octanol–water partition coefficient (Wildman–Crippen LogP) is 4.92. The van der Waals surface area contributed by atoms with E-state index in [0.29, 0.717) is 32.5 Å². The van der Waals surface area contributed by atoms with Gasteiger partial charge in [-0.25, -0.2) is 4.79 Å². The van der Waals surface area contributed by atoms with Gasteiger partial charge in [-0.1, -0.05) is 71.9 Å². The van der Waals surface area contributed by atoms with Gasteiger partial charge in [0.15, 0.2) is 0 Å². The molecule has 198 valence electrons. The molecule has 7 heteroatoms. The summed E-state index contributed by atoms with van der Waals surface area (Å²) in [5, 5.41) is 2.85. The topological polar surface area (TPSA) is 90.9 Å². The Morgan fingerprint density at radius 3 is 1.94 bits per heavy atom. The maximum Gasteiger partial charge on any atom is 0.328 e. The van der Waals surface area contributed by atoms with Gasteiger partial charge in [0.2, 0.25) is 5.91 Å². The molecule has 0 aromatic heterocycles. The first kappa shape index (κ1) is 30.6. The van der Waals surface area contributed by atoms with E-state index in [1.54, 1.807) is 0 Å². The van der Waals surface area contributed by atoms with Gasteiger partial charge in [0.25, 0.3) is 0 Å². The van der Waals surface area contributed by atoms with Crippen LogP contribution < -0.4 is 5.32 Å². The molecule has 0 aliphatic heterocycles. The fourth-order valence-electron chi connectivity index (χ4n) is 3.70. The molecule has 1 N–H and O–H groups in total. The maximum absolute atomic E-state index is 12.8. The maximum atomic E-state index is 12.8. The lowest BCUT2D eigenvalue weighted by atomic mass is 9.93. The number of amides is 1. The van der Waals surface area contributed by atoms with Crippen LogP contribution in [0.3, 0.4) is 0 Å². The van der Waals surface area contributed by atoms with Crippen LogP contribution in [0, 0.1) is 23.7 Å². The summed E-state index contributed by atoms with van der Waals surface area (Å²) in [5.41, 5.74) is 1.05. The summed E-state index contributed by atoms with van der Waals surface area (Å²) in [6.07, 6.45) is 2.56. The van der Waals surface area contributed by atoms with Gasteiger partial charge in [0.05, 0.1) is 38.3 Å². The van der Waals surface area contributed by atoms with Gasteiger partial charge >= 0.3 is 11.9 Å². The van der Waals surface area contributed by atoms with E-state index in [9.17, 15) is 14.4 Å². The summed E-state index contributed by atoms with van der Waals surface area (Å²) < 4.78 is 16.5. The molecule has 1 aromatic carbocycles. The molecule has 0 aliphatic carbocycles. The van der Waals surface area contributed by atoms with Crippen LogP contribution in [0.4, 0.5) is 0 Å². The number of nitrogens with one attached hydrogen (secondary N) is 1. The Bertz CT molecular complexity index is 749. The zero-order valence-electron chi connectivity index (χ0n) is 22.4. The number of carbonyl (C=O) groups is 3. The predicted molar refractivity (Wildman–Crippen MR) is 136 cm³/mol. The van der Waals surface area contributed by atoms with Crippen molar-refractivity contribution in [3.63, 3.8) is 0 Å². The van der Waals surface area contributed by atoms with E-state index in [2.05, 4.69) is 5.32 Å². The van der Waals surface area contributed by atoms with E-state index < -0.39 is 12.0 Å². The summed E-state index contributed by atoms with van der Waals surface area (Å²) in [5.74, 6) is -1.12. The summed E-state index contributed by atoms with van der Waals surface area (Å²) >= 11 is 0. The van der Waals surface area contributed by atoms with Crippen molar-refractivity contribution in [3.8, 4) is 0 Å². The SMILES string of the molecule is CCC(COCc1ccccc1)C(=O)NC(C(=O)OCCCCOC(=O)C(CC)C(C)C)C(C)C. The first-order valence-electron chi connectivity index (χ1n) is 13.0. The third kappa shape index (κ3) is 11.7. The highest BCUT2D eigenvalue weighted by Crippen LogP contribution is 2.16. The standard InChI is InChI=1S/C28H45NO6/c1-7-23(19-33-18-22-14-10-9-11-15-22)26(30)29-25(21(5)6)28(32)35-17-13-12-16-34-27(31)24(8-2)20(3)4/h9-11,14-15,20-21,23-25H,7-8,12-13,16-19H2,1-6H3,(H,29,30). The Balaban J connectivity index is 2.39. The van der Waals surface area contributed by atoms with Gasteiger partial charge in [-0.2, -0.15) is 0 Å². The summed E-state index contributed by atoms with van der Waals surface area (Å²) in [4.78, 5) is 37.5. The minimum atomic E-state index is -0.722. The van der Waals surface area contributed by atoms with Crippen molar-refractivity contribution >= 4 is 17.8 Å².